The summed E-state index contributed by atoms with van der Waals surface area (Å²) >= 11 is 0. The molecule has 0 saturated carbocycles. The molecular formula is C24H32N2O4. The summed E-state index contributed by atoms with van der Waals surface area (Å²) in [6.07, 6.45) is 6.27. The number of carbonyl (C=O) groups excluding carboxylic acids is 2. The molecule has 0 unspecified atom stereocenters. The van der Waals surface area contributed by atoms with E-state index >= 15 is 0 Å². The Morgan fingerprint density at radius 1 is 0.633 bits per heavy atom. The molecule has 2 rings (SSSR count). The molecule has 2 amide bonds. The highest BCUT2D eigenvalue weighted by Crippen LogP contribution is 2.17. The van der Waals surface area contributed by atoms with Gasteiger partial charge < -0.3 is 20.1 Å². The predicted octanol–water partition coefficient (Wildman–Crippen LogP) is 4.20. The molecule has 0 aliphatic heterocycles. The van der Waals surface area contributed by atoms with Crippen molar-refractivity contribution in [1.82, 2.24) is 10.6 Å². The number of unbranched alkanes of at least 4 members (excludes halogenated alkanes) is 5. The Balaban J connectivity index is 1.50. The predicted molar refractivity (Wildman–Crippen MR) is 118 cm³/mol. The van der Waals surface area contributed by atoms with Crippen LogP contribution in [0.3, 0.4) is 0 Å². The van der Waals surface area contributed by atoms with Crippen LogP contribution < -0.4 is 20.1 Å². The Labute approximate surface area is 179 Å². The van der Waals surface area contributed by atoms with Crippen molar-refractivity contribution in [2.24, 2.45) is 0 Å². The Hall–Kier alpha value is -3.02. The van der Waals surface area contributed by atoms with E-state index in [1.165, 1.54) is 0 Å². The molecule has 2 N–H and O–H groups in total. The average molecular weight is 413 g/mol. The number of carbonyl (C=O) groups is 2. The zero-order valence-corrected chi connectivity index (χ0v) is 17.9. The van der Waals surface area contributed by atoms with Crippen LogP contribution in [0.25, 0.3) is 0 Å². The molecule has 0 atom stereocenters. The van der Waals surface area contributed by atoms with Crippen LogP contribution in [0.2, 0.25) is 0 Å². The molecule has 162 valence electrons. The van der Waals surface area contributed by atoms with Gasteiger partial charge in [0.1, 0.15) is 11.5 Å². The minimum atomic E-state index is -0.0989. The lowest BCUT2D eigenvalue weighted by molar-refractivity contribution is 0.0941. The molecule has 2 aromatic carbocycles. The quantitative estimate of drug-likeness (QED) is 0.483. The van der Waals surface area contributed by atoms with E-state index in [1.807, 2.05) is 24.3 Å². The van der Waals surface area contributed by atoms with E-state index in [1.54, 1.807) is 38.5 Å². The molecule has 0 aliphatic rings. The lowest BCUT2D eigenvalue weighted by Crippen LogP contribution is -2.25. The number of hydrogen-bond acceptors (Lipinski definition) is 4. The third-order valence-corrected chi connectivity index (χ3v) is 4.88. The van der Waals surface area contributed by atoms with Crippen molar-refractivity contribution in [3.8, 4) is 11.5 Å². The monoisotopic (exact) mass is 412 g/mol. The maximum absolute atomic E-state index is 12.2. The van der Waals surface area contributed by atoms with Gasteiger partial charge in [0, 0.05) is 13.1 Å². The van der Waals surface area contributed by atoms with Crippen LogP contribution in [0.1, 0.15) is 59.2 Å². The van der Waals surface area contributed by atoms with Crippen LogP contribution in [0.4, 0.5) is 0 Å². The number of hydrogen-bond donors (Lipinski definition) is 2. The molecule has 0 bridgehead atoms. The number of ether oxygens (including phenoxy) is 2. The number of benzene rings is 2. The van der Waals surface area contributed by atoms with Crippen molar-refractivity contribution < 1.29 is 19.1 Å². The fraction of sp³-hybridized carbons (Fsp3) is 0.417. The lowest BCUT2D eigenvalue weighted by Gasteiger charge is -2.09. The normalized spacial score (nSPS) is 10.3. The van der Waals surface area contributed by atoms with Gasteiger partial charge in [0.25, 0.3) is 11.8 Å². The van der Waals surface area contributed by atoms with Crippen LogP contribution in [0, 0.1) is 0 Å². The number of para-hydroxylation sites is 2. The van der Waals surface area contributed by atoms with Gasteiger partial charge in [0.05, 0.1) is 25.3 Å². The Morgan fingerprint density at radius 2 is 1.00 bits per heavy atom. The summed E-state index contributed by atoms with van der Waals surface area (Å²) in [5.41, 5.74) is 1.13. The van der Waals surface area contributed by atoms with Gasteiger partial charge in [0.2, 0.25) is 0 Å². The van der Waals surface area contributed by atoms with Crippen molar-refractivity contribution in [1.29, 1.82) is 0 Å². The first-order valence-corrected chi connectivity index (χ1v) is 10.5. The van der Waals surface area contributed by atoms with Crippen LogP contribution in [0.5, 0.6) is 11.5 Å². The Morgan fingerprint density at radius 3 is 1.40 bits per heavy atom. The minimum Gasteiger partial charge on any atom is -0.496 e. The van der Waals surface area contributed by atoms with E-state index in [-0.39, 0.29) is 11.8 Å². The van der Waals surface area contributed by atoms with E-state index in [0.717, 1.165) is 38.5 Å². The first-order valence-electron chi connectivity index (χ1n) is 10.5. The summed E-state index contributed by atoms with van der Waals surface area (Å²) in [5.74, 6) is 0.983. The molecule has 2 aromatic rings. The van der Waals surface area contributed by atoms with Crippen molar-refractivity contribution in [2.75, 3.05) is 27.3 Å². The topological polar surface area (TPSA) is 76.7 Å². The summed E-state index contributed by atoms with van der Waals surface area (Å²) < 4.78 is 10.4. The zero-order chi connectivity index (χ0) is 21.6. The van der Waals surface area contributed by atoms with Gasteiger partial charge in [-0.2, -0.15) is 0 Å². The molecule has 0 aromatic heterocycles. The molecular weight excluding hydrogens is 380 g/mol. The fourth-order valence-electron chi connectivity index (χ4n) is 3.22. The van der Waals surface area contributed by atoms with Crippen molar-refractivity contribution in [2.45, 2.75) is 38.5 Å². The van der Waals surface area contributed by atoms with Gasteiger partial charge in [-0.05, 0) is 37.1 Å². The van der Waals surface area contributed by atoms with E-state index in [2.05, 4.69) is 10.6 Å². The highest BCUT2D eigenvalue weighted by molar-refractivity contribution is 5.97. The molecule has 0 fully saturated rings. The largest absolute Gasteiger partial charge is 0.496 e. The zero-order valence-electron chi connectivity index (χ0n) is 17.9. The third-order valence-electron chi connectivity index (χ3n) is 4.88. The first kappa shape index (κ1) is 23.3. The summed E-state index contributed by atoms with van der Waals surface area (Å²) in [4.78, 5) is 24.4. The molecule has 0 spiro atoms. The van der Waals surface area contributed by atoms with Gasteiger partial charge in [-0.25, -0.2) is 0 Å². The van der Waals surface area contributed by atoms with E-state index in [0.29, 0.717) is 35.7 Å². The molecule has 0 heterocycles. The van der Waals surface area contributed by atoms with Gasteiger partial charge in [-0.15, -0.1) is 0 Å². The molecule has 30 heavy (non-hydrogen) atoms. The summed E-state index contributed by atoms with van der Waals surface area (Å²) in [6.45, 7) is 1.32. The van der Waals surface area contributed by atoms with E-state index in [9.17, 15) is 9.59 Å². The molecule has 0 aliphatic carbocycles. The number of rotatable bonds is 13. The summed E-state index contributed by atoms with van der Waals surface area (Å²) in [5, 5.41) is 5.89. The minimum absolute atomic E-state index is 0.0989. The molecule has 0 radical (unpaired) electrons. The third kappa shape index (κ3) is 7.43. The maximum Gasteiger partial charge on any atom is 0.255 e. The first-order chi connectivity index (χ1) is 14.7. The highest BCUT2D eigenvalue weighted by Gasteiger charge is 2.11. The molecule has 0 saturated heterocycles. The maximum atomic E-state index is 12.2. The molecule has 6 heteroatoms. The van der Waals surface area contributed by atoms with Gasteiger partial charge >= 0.3 is 0 Å². The van der Waals surface area contributed by atoms with Crippen LogP contribution in [0.15, 0.2) is 48.5 Å². The van der Waals surface area contributed by atoms with Crippen LogP contribution >= 0.6 is 0 Å². The van der Waals surface area contributed by atoms with Crippen LogP contribution in [-0.2, 0) is 0 Å². The van der Waals surface area contributed by atoms with E-state index in [4.69, 9.17) is 9.47 Å². The summed E-state index contributed by atoms with van der Waals surface area (Å²) in [6, 6.07) is 14.5. The Bertz CT molecular complexity index is 740. The number of nitrogens with one attached hydrogen (secondary N) is 2. The average Bonchev–Trinajstić information content (AvgIpc) is 2.79. The van der Waals surface area contributed by atoms with Crippen molar-refractivity contribution in [3.63, 3.8) is 0 Å². The number of amides is 2. The van der Waals surface area contributed by atoms with E-state index < -0.39 is 0 Å². The van der Waals surface area contributed by atoms with Crippen molar-refractivity contribution in [3.05, 3.63) is 59.7 Å². The van der Waals surface area contributed by atoms with Crippen molar-refractivity contribution >= 4 is 11.8 Å². The van der Waals surface area contributed by atoms with Crippen LogP contribution in [-0.4, -0.2) is 39.1 Å². The standard InChI is InChI=1S/C24H32N2O4/c1-29-21-15-9-7-13-19(21)23(27)25-17-11-5-3-4-6-12-18-26-24(28)20-14-8-10-16-22(20)30-2/h7-10,13-16H,3-6,11-12,17-18H2,1-2H3,(H,25,27)(H,26,28). The Kier molecular flexibility index (Phi) is 10.3. The van der Waals surface area contributed by atoms with Gasteiger partial charge in [-0.3, -0.25) is 9.59 Å². The second-order valence-corrected chi connectivity index (χ2v) is 7.03. The fourth-order valence-corrected chi connectivity index (χ4v) is 3.22. The summed E-state index contributed by atoms with van der Waals surface area (Å²) in [7, 11) is 3.13. The number of methoxy groups -OCH3 is 2. The SMILES string of the molecule is COc1ccccc1C(=O)NCCCCCCCCNC(=O)c1ccccc1OC. The smallest absolute Gasteiger partial charge is 0.255 e. The van der Waals surface area contributed by atoms with Gasteiger partial charge in [0.15, 0.2) is 0 Å². The highest BCUT2D eigenvalue weighted by atomic mass is 16.5. The van der Waals surface area contributed by atoms with Gasteiger partial charge in [-0.1, -0.05) is 49.9 Å². The lowest BCUT2D eigenvalue weighted by atomic mass is 10.1. The molecule has 6 nitrogen and oxygen atoms in total. The second-order valence-electron chi connectivity index (χ2n) is 7.03. The second kappa shape index (κ2) is 13.2.